The Kier molecular flexibility index (Phi) is 10.8. The molecule has 0 aliphatic carbocycles. The lowest BCUT2D eigenvalue weighted by atomic mass is 9.98. The molecule has 2 aromatic heterocycles. The van der Waals surface area contributed by atoms with Crippen LogP contribution in [-0.2, 0) is 28.9 Å². The van der Waals surface area contributed by atoms with Crippen molar-refractivity contribution in [3.8, 4) is 11.3 Å². The number of nitrogens with one attached hydrogen (secondary N) is 1. The summed E-state index contributed by atoms with van der Waals surface area (Å²) in [6.07, 6.45) is 6.63. The molecule has 1 N–H and O–H groups in total. The normalized spacial score (nSPS) is 13.1. The third kappa shape index (κ3) is 8.30. The van der Waals surface area contributed by atoms with E-state index in [2.05, 4.69) is 42.0 Å². The molecule has 0 spiro atoms. The molecule has 3 heterocycles. The molecule has 48 heavy (non-hydrogen) atoms. The summed E-state index contributed by atoms with van der Waals surface area (Å²) in [5, 5.41) is 0.999. The zero-order valence-corrected chi connectivity index (χ0v) is 27.9. The largest absolute Gasteiger partial charge is 0.445 e. The number of fused-ring (bicyclic) bond motifs is 1. The van der Waals surface area contributed by atoms with Gasteiger partial charge in [0.1, 0.15) is 6.61 Å². The van der Waals surface area contributed by atoms with Crippen LogP contribution in [0.15, 0.2) is 91.3 Å². The maximum absolute atomic E-state index is 13.6. The Morgan fingerprint density at radius 2 is 1.60 bits per heavy atom. The summed E-state index contributed by atoms with van der Waals surface area (Å²) < 4.78 is 11.3. The summed E-state index contributed by atoms with van der Waals surface area (Å²) in [5.74, 6) is 0.0145. The van der Waals surface area contributed by atoms with Gasteiger partial charge in [-0.15, -0.1) is 0 Å². The lowest BCUT2D eigenvalue weighted by Gasteiger charge is -2.27. The maximum Gasteiger partial charge on any atom is 0.410 e. The predicted octanol–water partition coefficient (Wildman–Crippen LogP) is 7.52. The molecule has 8 nitrogen and oxygen atoms in total. The summed E-state index contributed by atoms with van der Waals surface area (Å²) >= 11 is 0. The maximum atomic E-state index is 13.6. The van der Waals surface area contributed by atoms with Crippen LogP contribution in [0.2, 0.25) is 0 Å². The second-order valence-electron chi connectivity index (χ2n) is 12.6. The summed E-state index contributed by atoms with van der Waals surface area (Å²) in [6, 6.07) is 26.3. The Morgan fingerprint density at radius 3 is 2.35 bits per heavy atom. The van der Waals surface area contributed by atoms with Crippen molar-refractivity contribution in [3.63, 3.8) is 0 Å². The molecule has 0 atom stereocenters. The van der Waals surface area contributed by atoms with Crippen LogP contribution >= 0.6 is 0 Å². The highest BCUT2D eigenvalue weighted by molar-refractivity contribution is 6.00. The topological polar surface area (TPSA) is 87.8 Å². The molecular weight excluding hydrogens is 600 g/mol. The number of H-pyrrole nitrogens is 1. The number of amides is 2. The van der Waals surface area contributed by atoms with E-state index in [9.17, 15) is 9.59 Å². The number of benzene rings is 3. The van der Waals surface area contributed by atoms with E-state index < -0.39 is 0 Å². The van der Waals surface area contributed by atoms with Gasteiger partial charge in [-0.1, -0.05) is 47.5 Å². The van der Waals surface area contributed by atoms with E-state index in [0.29, 0.717) is 51.4 Å². The molecule has 0 unspecified atom stereocenters. The fourth-order valence-corrected chi connectivity index (χ4v) is 6.49. The molecule has 3 aromatic carbocycles. The van der Waals surface area contributed by atoms with Crippen LogP contribution in [-0.4, -0.2) is 71.2 Å². The lowest BCUT2D eigenvalue weighted by molar-refractivity contribution is 0.0303. The van der Waals surface area contributed by atoms with Crippen molar-refractivity contribution in [1.29, 1.82) is 0 Å². The van der Waals surface area contributed by atoms with Crippen molar-refractivity contribution in [3.05, 3.63) is 125 Å². The Labute approximate surface area is 282 Å². The zero-order chi connectivity index (χ0) is 33.3. The van der Waals surface area contributed by atoms with Crippen LogP contribution < -0.4 is 0 Å². The van der Waals surface area contributed by atoms with E-state index in [0.717, 1.165) is 52.5 Å². The molecule has 8 heteroatoms. The first-order valence-corrected chi connectivity index (χ1v) is 16.9. The third-order valence-corrected chi connectivity index (χ3v) is 8.95. The van der Waals surface area contributed by atoms with Crippen LogP contribution in [0.1, 0.15) is 51.0 Å². The molecule has 1 fully saturated rings. The van der Waals surface area contributed by atoms with Gasteiger partial charge in [0.05, 0.1) is 13.2 Å². The summed E-state index contributed by atoms with van der Waals surface area (Å²) in [6.45, 7) is 7.79. The average Bonchev–Trinajstić information content (AvgIpc) is 3.48. The standard InChI is InChI=1S/C40H44N4O4/c1-29-24-30(2)26-34(25-29)38-35(36-27-33(11-12-37(36)42-38)39(45)43-20-22-47-23-21-43)15-19-44(18-7-6-8-31-13-16-41-17-14-31)40(46)48-28-32-9-4-3-5-10-32/h3-5,9-14,16-17,24-27,42H,6-8,15,18-23,28H2,1-2H3. The van der Waals surface area contributed by atoms with Crippen LogP contribution in [0.5, 0.6) is 0 Å². The predicted molar refractivity (Wildman–Crippen MR) is 189 cm³/mol. The van der Waals surface area contributed by atoms with Crippen LogP contribution in [0.4, 0.5) is 4.79 Å². The minimum absolute atomic E-state index is 0.0145. The van der Waals surface area contributed by atoms with Crippen molar-refractivity contribution < 1.29 is 19.1 Å². The van der Waals surface area contributed by atoms with E-state index in [1.165, 1.54) is 16.7 Å². The van der Waals surface area contributed by atoms with Crippen LogP contribution in [0.25, 0.3) is 22.2 Å². The Balaban J connectivity index is 1.27. The number of hydrogen-bond acceptors (Lipinski definition) is 5. The number of morpholine rings is 1. The van der Waals surface area contributed by atoms with Gasteiger partial charge in [-0.05, 0) is 104 Å². The van der Waals surface area contributed by atoms with E-state index in [4.69, 9.17) is 9.47 Å². The summed E-state index contributed by atoms with van der Waals surface area (Å²) in [7, 11) is 0. The Bertz CT molecular complexity index is 1810. The van der Waals surface area contributed by atoms with Gasteiger partial charge < -0.3 is 24.3 Å². The lowest BCUT2D eigenvalue weighted by Crippen LogP contribution is -2.40. The van der Waals surface area contributed by atoms with Crippen LogP contribution in [0.3, 0.4) is 0 Å². The van der Waals surface area contributed by atoms with Gasteiger partial charge in [0.2, 0.25) is 0 Å². The minimum atomic E-state index is -0.321. The van der Waals surface area contributed by atoms with E-state index >= 15 is 0 Å². The Hall–Kier alpha value is -4.95. The molecule has 248 valence electrons. The first kappa shape index (κ1) is 33.0. The van der Waals surface area contributed by atoms with Gasteiger partial charge in [-0.25, -0.2) is 4.79 Å². The summed E-state index contributed by atoms with van der Waals surface area (Å²) in [5.41, 5.74) is 9.37. The van der Waals surface area contributed by atoms with E-state index in [1.807, 2.05) is 82.9 Å². The van der Waals surface area contributed by atoms with Crippen molar-refractivity contribution in [2.75, 3.05) is 39.4 Å². The molecule has 0 bridgehead atoms. The van der Waals surface area contributed by atoms with E-state index in [1.54, 1.807) is 0 Å². The smallest absolute Gasteiger partial charge is 0.410 e. The average molecular weight is 645 g/mol. The molecular formula is C40H44N4O4. The monoisotopic (exact) mass is 644 g/mol. The number of ether oxygens (including phenoxy) is 2. The molecule has 1 aliphatic rings. The first-order chi connectivity index (χ1) is 23.4. The molecule has 1 saturated heterocycles. The molecule has 5 aromatic rings. The van der Waals surface area contributed by atoms with Gasteiger partial charge in [-0.3, -0.25) is 9.78 Å². The number of carbonyl (C=O) groups excluding carboxylic acids is 2. The van der Waals surface area contributed by atoms with Crippen molar-refractivity contribution in [2.24, 2.45) is 0 Å². The van der Waals surface area contributed by atoms with Crippen LogP contribution in [0, 0.1) is 13.8 Å². The van der Waals surface area contributed by atoms with Gasteiger partial charge in [0, 0.05) is 60.7 Å². The number of rotatable bonds is 12. The number of nitrogens with zero attached hydrogens (tertiary/aromatic N) is 3. The second kappa shape index (κ2) is 15.8. The number of aromatic nitrogens is 2. The fourth-order valence-electron chi connectivity index (χ4n) is 6.49. The molecule has 1 aliphatic heterocycles. The third-order valence-electron chi connectivity index (χ3n) is 8.95. The van der Waals surface area contributed by atoms with Gasteiger partial charge in [0.25, 0.3) is 5.91 Å². The number of aromatic amines is 1. The quantitative estimate of drug-likeness (QED) is 0.142. The fraction of sp³-hybridized carbons (Fsp3) is 0.325. The van der Waals surface area contributed by atoms with Gasteiger partial charge in [-0.2, -0.15) is 0 Å². The number of carbonyl (C=O) groups is 2. The highest BCUT2D eigenvalue weighted by Crippen LogP contribution is 2.33. The second-order valence-corrected chi connectivity index (χ2v) is 12.6. The molecule has 2 amide bonds. The molecule has 0 radical (unpaired) electrons. The summed E-state index contributed by atoms with van der Waals surface area (Å²) in [4.78, 5) is 38.6. The molecule has 6 rings (SSSR count). The molecule has 0 saturated carbocycles. The van der Waals surface area contributed by atoms with Gasteiger partial charge >= 0.3 is 6.09 Å². The Morgan fingerprint density at radius 1 is 0.854 bits per heavy atom. The SMILES string of the molecule is Cc1cc(C)cc(-c2[nH]c3ccc(C(=O)N4CCOCC4)cc3c2CCN(CCCCc2ccncc2)C(=O)OCc2ccccc2)c1. The number of aryl methyl sites for hydroxylation is 3. The minimum Gasteiger partial charge on any atom is -0.445 e. The van der Waals surface area contributed by atoms with E-state index in [-0.39, 0.29) is 18.6 Å². The number of hydrogen-bond donors (Lipinski definition) is 1. The highest BCUT2D eigenvalue weighted by Gasteiger charge is 2.22. The van der Waals surface area contributed by atoms with Gasteiger partial charge in [0.15, 0.2) is 0 Å². The first-order valence-electron chi connectivity index (χ1n) is 16.9. The number of pyridine rings is 1. The zero-order valence-electron chi connectivity index (χ0n) is 27.9. The number of unbranched alkanes of at least 4 members (excludes halogenated alkanes) is 1. The van der Waals surface area contributed by atoms with Crippen molar-refractivity contribution in [2.45, 2.75) is 46.1 Å². The van der Waals surface area contributed by atoms with Crippen molar-refractivity contribution in [1.82, 2.24) is 19.8 Å². The highest BCUT2D eigenvalue weighted by atomic mass is 16.6. The van der Waals surface area contributed by atoms with Crippen molar-refractivity contribution >= 4 is 22.9 Å².